The number of hydrogen-bond donors (Lipinski definition) is 8. The number of hydrogen-bond acceptors (Lipinski definition) is 8. The number of aliphatic carboxylic acids is 3. The lowest BCUT2D eigenvalue weighted by Gasteiger charge is -2.27. The number of carbonyl (C=O) groups is 6. The minimum absolute atomic E-state index is 0.116. The summed E-state index contributed by atoms with van der Waals surface area (Å²) in [6.45, 7) is 3.43. The number of carbonyl (C=O) groups excluding carboxylic acids is 3. The number of rotatable bonds is 16. The van der Waals surface area contributed by atoms with Crippen molar-refractivity contribution in [3.63, 3.8) is 0 Å². The molecule has 5 atom stereocenters. The van der Waals surface area contributed by atoms with Crippen LogP contribution >= 0.6 is 0 Å². The number of amides is 3. The number of carboxylic acid groups (broad SMARTS) is 3. The van der Waals surface area contributed by atoms with Gasteiger partial charge in [-0.1, -0.05) is 20.3 Å². The van der Waals surface area contributed by atoms with Crippen molar-refractivity contribution in [1.82, 2.24) is 25.9 Å². The Balaban J connectivity index is 3.01. The second-order valence-corrected chi connectivity index (χ2v) is 8.25. The molecule has 3 amide bonds. The molecule has 1 aromatic rings. The van der Waals surface area contributed by atoms with Gasteiger partial charge in [-0.25, -0.2) is 9.78 Å². The van der Waals surface area contributed by atoms with Crippen molar-refractivity contribution in [2.45, 2.75) is 70.1 Å². The van der Waals surface area contributed by atoms with Gasteiger partial charge in [0, 0.05) is 24.7 Å². The molecule has 0 fully saturated rings. The first-order valence-corrected chi connectivity index (χ1v) is 11.2. The molecule has 1 heterocycles. The number of nitrogens with zero attached hydrogens (tertiary/aromatic N) is 1. The molecule has 5 unspecified atom stereocenters. The zero-order chi connectivity index (χ0) is 27.4. The Bertz CT molecular complexity index is 936. The van der Waals surface area contributed by atoms with Crippen molar-refractivity contribution in [3.8, 4) is 0 Å². The summed E-state index contributed by atoms with van der Waals surface area (Å²) in [4.78, 5) is 78.2. The quantitative estimate of drug-likeness (QED) is 0.123. The third-order valence-electron chi connectivity index (χ3n) is 5.40. The molecule has 15 nitrogen and oxygen atoms in total. The van der Waals surface area contributed by atoms with Crippen LogP contribution in [0, 0.1) is 5.92 Å². The first-order chi connectivity index (χ1) is 16.8. The SMILES string of the molecule is CCC(C)C(NC(=O)C(N)Cc1cnc[nH]1)C(=O)NC(CCC(=O)O)C(=O)NC(CC(=O)O)C(=O)O. The summed E-state index contributed by atoms with van der Waals surface area (Å²) in [5, 5.41) is 33.9. The zero-order valence-electron chi connectivity index (χ0n) is 19.9. The van der Waals surface area contributed by atoms with Crippen LogP contribution in [0.1, 0.15) is 45.2 Å². The summed E-state index contributed by atoms with van der Waals surface area (Å²) in [6, 6.07) is -5.48. The second kappa shape index (κ2) is 14.4. The monoisotopic (exact) mass is 512 g/mol. The standard InChI is InChI=1S/C21H32N6O9/c1-3-10(2)17(27-18(32)12(22)6-11-8-23-9-24-11)20(34)25-13(4-5-15(28)29)19(33)26-14(21(35)36)7-16(30)31/h8-10,12-14,17H,3-7,22H2,1-2H3,(H,23,24)(H,25,34)(H,26,33)(H,27,32)(H,28,29)(H,30,31)(H,35,36). The van der Waals surface area contributed by atoms with Crippen LogP contribution < -0.4 is 21.7 Å². The van der Waals surface area contributed by atoms with Crippen LogP contribution in [0.15, 0.2) is 12.5 Å². The predicted molar refractivity (Wildman–Crippen MR) is 122 cm³/mol. The van der Waals surface area contributed by atoms with E-state index < -0.39 is 85.0 Å². The van der Waals surface area contributed by atoms with Crippen LogP contribution in [0.4, 0.5) is 0 Å². The number of aromatic nitrogens is 2. The molecule has 0 aliphatic rings. The van der Waals surface area contributed by atoms with Gasteiger partial charge in [-0.3, -0.25) is 24.0 Å². The summed E-state index contributed by atoms with van der Waals surface area (Å²) >= 11 is 0. The summed E-state index contributed by atoms with van der Waals surface area (Å²) in [5.41, 5.74) is 6.53. The molecule has 200 valence electrons. The van der Waals surface area contributed by atoms with Crippen LogP contribution in [-0.2, 0) is 35.2 Å². The highest BCUT2D eigenvalue weighted by atomic mass is 16.4. The number of nitrogens with two attached hydrogens (primary N) is 1. The van der Waals surface area contributed by atoms with Gasteiger partial charge >= 0.3 is 17.9 Å². The second-order valence-electron chi connectivity index (χ2n) is 8.25. The molecule has 0 bridgehead atoms. The van der Waals surface area contributed by atoms with Gasteiger partial charge in [0.2, 0.25) is 17.7 Å². The normalized spacial score (nSPS) is 15.0. The Labute approximate surface area is 206 Å². The number of nitrogens with one attached hydrogen (secondary N) is 4. The molecule has 0 aliphatic heterocycles. The summed E-state index contributed by atoms with van der Waals surface area (Å²) in [5.74, 6) is -7.35. The minimum Gasteiger partial charge on any atom is -0.481 e. The number of carboxylic acids is 3. The van der Waals surface area contributed by atoms with Gasteiger partial charge in [-0.2, -0.15) is 0 Å². The van der Waals surface area contributed by atoms with E-state index in [1.54, 1.807) is 13.8 Å². The fourth-order valence-corrected chi connectivity index (χ4v) is 3.13. The van der Waals surface area contributed by atoms with Gasteiger partial charge in [-0.15, -0.1) is 0 Å². The lowest BCUT2D eigenvalue weighted by atomic mass is 9.97. The highest BCUT2D eigenvalue weighted by Gasteiger charge is 2.33. The molecule has 0 saturated carbocycles. The third kappa shape index (κ3) is 10.1. The highest BCUT2D eigenvalue weighted by Crippen LogP contribution is 2.11. The van der Waals surface area contributed by atoms with Crippen molar-refractivity contribution in [3.05, 3.63) is 18.2 Å². The molecule has 36 heavy (non-hydrogen) atoms. The fourth-order valence-electron chi connectivity index (χ4n) is 3.13. The van der Waals surface area contributed by atoms with Crippen LogP contribution in [0.3, 0.4) is 0 Å². The zero-order valence-corrected chi connectivity index (χ0v) is 19.9. The Morgan fingerprint density at radius 2 is 1.61 bits per heavy atom. The first-order valence-electron chi connectivity index (χ1n) is 11.2. The van der Waals surface area contributed by atoms with Crippen LogP contribution in [0.2, 0.25) is 0 Å². The van der Waals surface area contributed by atoms with Crippen molar-refractivity contribution >= 4 is 35.6 Å². The molecule has 15 heteroatoms. The summed E-state index contributed by atoms with van der Waals surface area (Å²) < 4.78 is 0. The van der Waals surface area contributed by atoms with Gasteiger partial charge in [0.25, 0.3) is 0 Å². The molecule has 9 N–H and O–H groups in total. The Morgan fingerprint density at radius 1 is 0.972 bits per heavy atom. The van der Waals surface area contributed by atoms with E-state index >= 15 is 0 Å². The van der Waals surface area contributed by atoms with E-state index in [-0.39, 0.29) is 6.42 Å². The van der Waals surface area contributed by atoms with E-state index in [0.29, 0.717) is 12.1 Å². The van der Waals surface area contributed by atoms with E-state index in [9.17, 15) is 28.8 Å². The van der Waals surface area contributed by atoms with Crippen molar-refractivity contribution < 1.29 is 44.1 Å². The Kier molecular flexibility index (Phi) is 12.0. The van der Waals surface area contributed by atoms with Gasteiger partial charge in [0.15, 0.2) is 0 Å². The summed E-state index contributed by atoms with van der Waals surface area (Å²) in [6.07, 6.45) is 1.58. The molecule has 0 aliphatic carbocycles. The molecule has 0 spiro atoms. The maximum atomic E-state index is 13.1. The van der Waals surface area contributed by atoms with Crippen molar-refractivity contribution in [2.75, 3.05) is 0 Å². The summed E-state index contributed by atoms with van der Waals surface area (Å²) in [7, 11) is 0. The largest absolute Gasteiger partial charge is 0.481 e. The molecule has 0 radical (unpaired) electrons. The van der Waals surface area contributed by atoms with Gasteiger partial charge in [0.1, 0.15) is 18.1 Å². The van der Waals surface area contributed by atoms with Crippen LogP contribution in [-0.4, -0.2) is 85.1 Å². The van der Waals surface area contributed by atoms with Crippen molar-refractivity contribution in [2.24, 2.45) is 11.7 Å². The smallest absolute Gasteiger partial charge is 0.326 e. The Morgan fingerprint density at radius 3 is 2.11 bits per heavy atom. The lowest BCUT2D eigenvalue weighted by Crippen LogP contribution is -2.59. The van der Waals surface area contributed by atoms with E-state index in [2.05, 4.69) is 20.6 Å². The maximum absolute atomic E-state index is 13.1. The maximum Gasteiger partial charge on any atom is 0.326 e. The highest BCUT2D eigenvalue weighted by molar-refractivity contribution is 5.95. The molecular formula is C21H32N6O9. The average Bonchev–Trinajstić information content (AvgIpc) is 3.31. The average molecular weight is 513 g/mol. The lowest BCUT2D eigenvalue weighted by molar-refractivity contribution is -0.147. The number of aromatic amines is 1. The van der Waals surface area contributed by atoms with Crippen molar-refractivity contribution in [1.29, 1.82) is 0 Å². The van der Waals surface area contributed by atoms with Gasteiger partial charge < -0.3 is 42.0 Å². The predicted octanol–water partition coefficient (Wildman–Crippen LogP) is -1.80. The van der Waals surface area contributed by atoms with E-state index in [0.717, 1.165) is 0 Å². The molecular weight excluding hydrogens is 480 g/mol. The molecule has 0 saturated heterocycles. The molecule has 1 rings (SSSR count). The Hall–Kier alpha value is -4.01. The first kappa shape index (κ1) is 30.0. The molecule has 1 aromatic heterocycles. The molecule has 0 aromatic carbocycles. The fraction of sp³-hybridized carbons (Fsp3) is 0.571. The van der Waals surface area contributed by atoms with E-state index in [4.69, 9.17) is 21.1 Å². The van der Waals surface area contributed by atoms with Gasteiger partial charge in [0.05, 0.1) is 18.8 Å². The topological polar surface area (TPSA) is 254 Å². The van der Waals surface area contributed by atoms with Crippen LogP contribution in [0.25, 0.3) is 0 Å². The number of H-pyrrole nitrogens is 1. The number of imidazole rings is 1. The van der Waals surface area contributed by atoms with E-state index in [1.165, 1.54) is 12.5 Å². The third-order valence-corrected chi connectivity index (χ3v) is 5.40. The van der Waals surface area contributed by atoms with E-state index in [1.807, 2.05) is 5.32 Å². The van der Waals surface area contributed by atoms with Gasteiger partial charge in [-0.05, 0) is 12.3 Å². The van der Waals surface area contributed by atoms with Crippen LogP contribution in [0.5, 0.6) is 0 Å². The minimum atomic E-state index is -1.80.